The smallest absolute Gasteiger partial charge is 0.444 e. The Bertz CT molecular complexity index is 2960. The zero-order valence-electron chi connectivity index (χ0n) is 35.5. The molecule has 4 heterocycles. The van der Waals surface area contributed by atoms with E-state index in [0.717, 1.165) is 0 Å². The van der Waals surface area contributed by atoms with Gasteiger partial charge in [-0.3, -0.25) is 9.54 Å². The molecule has 0 atom stereocenters. The van der Waals surface area contributed by atoms with Crippen molar-refractivity contribution in [3.8, 4) is 5.95 Å². The van der Waals surface area contributed by atoms with Crippen molar-refractivity contribution in [1.29, 1.82) is 0 Å². The van der Waals surface area contributed by atoms with Crippen LogP contribution >= 0.6 is 11.6 Å². The van der Waals surface area contributed by atoms with Gasteiger partial charge in [0.1, 0.15) is 0 Å². The molecule has 0 saturated carbocycles. The minimum absolute atomic E-state index is 0.0562. The molecule has 0 aliphatic heterocycles. The molecule has 0 amide bonds. The second-order valence-electron chi connectivity index (χ2n) is 13.3. The van der Waals surface area contributed by atoms with Gasteiger partial charge in [0.05, 0.1) is 34.6 Å². The quantitative estimate of drug-likeness (QED) is 0.0337. The van der Waals surface area contributed by atoms with Crippen molar-refractivity contribution in [2.45, 2.75) is 0 Å². The van der Waals surface area contributed by atoms with E-state index in [0.29, 0.717) is 28.7 Å². The molecule has 4 aromatic carbocycles. The van der Waals surface area contributed by atoms with Gasteiger partial charge in [-0.15, -0.1) is 4.98 Å². The van der Waals surface area contributed by atoms with Crippen molar-refractivity contribution in [3.63, 3.8) is 0 Å². The molecule has 8 aromatic rings. The van der Waals surface area contributed by atoms with Crippen LogP contribution in [0.25, 0.3) is 5.95 Å². The van der Waals surface area contributed by atoms with Crippen LogP contribution in [0.15, 0.2) is 158 Å². The average Bonchev–Trinajstić information content (AvgIpc) is 3.33. The van der Waals surface area contributed by atoms with E-state index in [9.17, 15) is 19.2 Å². The minimum Gasteiger partial charge on any atom is -0.726 e. The van der Waals surface area contributed by atoms with Gasteiger partial charge in [-0.1, -0.05) is 12.1 Å². The highest BCUT2D eigenvalue weighted by molar-refractivity contribution is 7.79. The van der Waals surface area contributed by atoms with E-state index in [2.05, 4.69) is 56.2 Å². The lowest BCUT2D eigenvalue weighted by Crippen LogP contribution is -2.32. The maximum Gasteiger partial charge on any atom is 0.444 e. The molecule has 70 heavy (non-hydrogen) atoms. The number of carboxylic acid groups (broad SMARTS) is 4. The van der Waals surface area contributed by atoms with Crippen LogP contribution in [0, 0.1) is 0 Å². The zero-order chi connectivity index (χ0) is 50.6. The van der Waals surface area contributed by atoms with E-state index in [-0.39, 0.29) is 51.3 Å². The van der Waals surface area contributed by atoms with E-state index < -0.39 is 34.3 Å². The Balaban J connectivity index is 0.000000216. The van der Waals surface area contributed by atoms with Crippen molar-refractivity contribution >= 4 is 92.4 Å². The summed E-state index contributed by atoms with van der Waals surface area (Å²) in [6, 6.07) is 35.6. The van der Waals surface area contributed by atoms with Crippen LogP contribution in [0.3, 0.4) is 0 Å². The van der Waals surface area contributed by atoms with Gasteiger partial charge in [0.25, 0.3) is 0 Å². The first-order valence-corrected chi connectivity index (χ1v) is 21.2. The van der Waals surface area contributed by atoms with Crippen LogP contribution in [0.2, 0.25) is 5.28 Å². The number of nitrogens with zero attached hydrogens (tertiary/aromatic N) is 8. The van der Waals surface area contributed by atoms with Crippen molar-refractivity contribution in [2.24, 2.45) is 0 Å². The molecular formula is C44H35ClN12O12S. The van der Waals surface area contributed by atoms with Gasteiger partial charge in [-0.05, 0) is 143 Å². The molecule has 8 rings (SSSR count). The molecule has 356 valence electrons. The number of rotatable bonds is 13. The first kappa shape index (κ1) is 51.4. The van der Waals surface area contributed by atoms with Crippen molar-refractivity contribution in [1.82, 2.24) is 34.9 Å². The van der Waals surface area contributed by atoms with Crippen molar-refractivity contribution in [2.75, 3.05) is 21.3 Å². The summed E-state index contributed by atoms with van der Waals surface area (Å²) in [6.07, 6.45) is 7.07. The Kier molecular flexibility index (Phi) is 18.2. The fourth-order valence-corrected chi connectivity index (χ4v) is 5.36. The maximum absolute atomic E-state index is 11.1. The predicted molar refractivity (Wildman–Crippen MR) is 249 cm³/mol. The number of benzene rings is 4. The summed E-state index contributed by atoms with van der Waals surface area (Å²) in [7, 11) is -4.92. The minimum atomic E-state index is -4.92. The van der Waals surface area contributed by atoms with Gasteiger partial charge in [-0.25, -0.2) is 32.2 Å². The predicted octanol–water partition coefficient (Wildman–Crippen LogP) is 6.53. The number of carbonyl (C=O) groups is 4. The largest absolute Gasteiger partial charge is 0.726 e. The Morgan fingerprint density at radius 1 is 0.457 bits per heavy atom. The number of hydrogen-bond acceptors (Lipinski definition) is 18. The van der Waals surface area contributed by atoms with Crippen LogP contribution in [0.5, 0.6) is 0 Å². The SMILES string of the molecule is O=C(O)c1ccc(Nc2nc(Cl)nc(Nc3ccc(C(=O)O)cc3)n2)cc1.O=C(O)c1ccc(Nc2nc(Nc3ccc(C(=O)O)cc3)nc(-[n+]3ccccc3)n2)cc1.O=S(=O)([O-])O.c1ccncc1. The molecule has 26 heteroatoms. The Morgan fingerprint density at radius 2 is 0.729 bits per heavy atom. The molecule has 0 fully saturated rings. The molecule has 0 aliphatic carbocycles. The van der Waals surface area contributed by atoms with Gasteiger partial charge in [0.2, 0.25) is 27.6 Å². The van der Waals surface area contributed by atoms with Gasteiger partial charge < -0.3 is 46.2 Å². The second kappa shape index (κ2) is 24.8. The van der Waals surface area contributed by atoms with Crippen LogP contribution in [0.4, 0.5) is 46.5 Å². The van der Waals surface area contributed by atoms with E-state index in [4.69, 9.17) is 49.6 Å². The van der Waals surface area contributed by atoms with Gasteiger partial charge in [-0.2, -0.15) is 15.0 Å². The highest BCUT2D eigenvalue weighted by atomic mass is 35.5. The summed E-state index contributed by atoms with van der Waals surface area (Å²) in [4.78, 5) is 73.0. The summed E-state index contributed by atoms with van der Waals surface area (Å²) < 4.78 is 34.5. The van der Waals surface area contributed by atoms with E-state index >= 15 is 0 Å². The summed E-state index contributed by atoms with van der Waals surface area (Å²) in [5, 5.41) is 47.8. The molecule has 4 aromatic heterocycles. The third-order valence-electron chi connectivity index (χ3n) is 8.30. The molecule has 0 unspecified atom stereocenters. The number of anilines is 8. The Hall–Kier alpha value is -9.56. The topological polar surface area (TPSA) is 369 Å². The highest BCUT2D eigenvalue weighted by Crippen LogP contribution is 2.21. The second-order valence-corrected chi connectivity index (χ2v) is 14.5. The Labute approximate surface area is 400 Å². The number of halogens is 1. The molecule has 0 aliphatic rings. The van der Waals surface area contributed by atoms with E-state index in [1.807, 2.05) is 36.4 Å². The molecule has 0 radical (unpaired) electrons. The Morgan fingerprint density at radius 3 is 0.971 bits per heavy atom. The lowest BCUT2D eigenvalue weighted by Gasteiger charge is -2.09. The van der Waals surface area contributed by atoms with Crippen molar-refractivity contribution in [3.05, 3.63) is 186 Å². The van der Waals surface area contributed by atoms with E-state index in [1.54, 1.807) is 77.9 Å². The third kappa shape index (κ3) is 17.7. The highest BCUT2D eigenvalue weighted by Gasteiger charge is 2.19. The normalized spacial score (nSPS) is 10.2. The number of hydrogen-bond donors (Lipinski definition) is 9. The monoisotopic (exact) mass is 990 g/mol. The number of aromatic nitrogens is 8. The fraction of sp³-hybridized carbons (Fsp3) is 0. The number of carboxylic acids is 4. The standard InChI is InChI=1S/C22H16N6O4.C17H12ClN5O4.C5H5N.H2O4S/c29-18(30)14-4-8-16(9-5-14)23-20-25-21(24-17-10-6-15(7-11-17)19(31)32)27-22(26-20)28-12-2-1-3-13-28;18-15-21-16(19-11-5-1-9(2-6-11)13(24)25)23-17(22-15)20-12-7-3-10(4-8-12)14(26)27;1-2-4-6-5-3-1;1-5(2,3)4/h1-13H,(H3-,23,24,25,26,27,29,30,31,32);1-8H,(H,24,25)(H,26,27)(H2,19,20,21,22,23);1-5H;(H2,1,2,3,4). The summed E-state index contributed by atoms with van der Waals surface area (Å²) in [6.45, 7) is 0. The number of nitrogens with one attached hydrogen (secondary N) is 4. The first-order valence-electron chi connectivity index (χ1n) is 19.5. The molecule has 9 N–H and O–H groups in total. The lowest BCUT2D eigenvalue weighted by molar-refractivity contribution is -0.603. The molecule has 0 bridgehead atoms. The number of aromatic carboxylic acids is 4. The average molecular weight is 991 g/mol. The fourth-order valence-electron chi connectivity index (χ4n) is 5.20. The summed E-state index contributed by atoms with van der Waals surface area (Å²) >= 11 is 5.92. The van der Waals surface area contributed by atoms with Gasteiger partial charge in [0, 0.05) is 35.1 Å². The molecular weight excluding hydrogens is 956 g/mol. The maximum atomic E-state index is 11.1. The van der Waals surface area contributed by atoms with Crippen LogP contribution in [-0.2, 0) is 10.4 Å². The molecule has 0 saturated heterocycles. The molecule has 0 spiro atoms. The number of pyridine rings is 2. The van der Waals surface area contributed by atoms with Gasteiger partial charge >= 0.3 is 41.7 Å². The molecule has 24 nitrogen and oxygen atoms in total. The summed E-state index contributed by atoms with van der Waals surface area (Å²) in [5.74, 6) is -2.95. The lowest BCUT2D eigenvalue weighted by atomic mass is 10.2. The zero-order valence-corrected chi connectivity index (χ0v) is 37.0. The van der Waals surface area contributed by atoms with Crippen LogP contribution < -0.4 is 25.8 Å². The van der Waals surface area contributed by atoms with Crippen LogP contribution in [0.1, 0.15) is 41.4 Å². The van der Waals surface area contributed by atoms with E-state index in [1.165, 1.54) is 48.5 Å². The van der Waals surface area contributed by atoms with Crippen LogP contribution in [-0.4, -0.2) is 96.7 Å². The first-order chi connectivity index (χ1) is 33.4. The van der Waals surface area contributed by atoms with Gasteiger partial charge in [0.15, 0.2) is 0 Å². The summed E-state index contributed by atoms with van der Waals surface area (Å²) in [5.41, 5.74) is 2.97. The third-order valence-corrected chi connectivity index (χ3v) is 8.47. The van der Waals surface area contributed by atoms with Crippen molar-refractivity contribution < 1.29 is 61.7 Å².